The van der Waals surface area contributed by atoms with Gasteiger partial charge >= 0.3 is 5.97 Å². The van der Waals surface area contributed by atoms with Crippen LogP contribution in [0, 0.1) is 0 Å². The maximum Gasteiger partial charge on any atom is 0.323 e. The molecule has 0 spiro atoms. The third kappa shape index (κ3) is 4.07. The first kappa shape index (κ1) is 15.1. The van der Waals surface area contributed by atoms with Crippen LogP contribution in [0.25, 0.3) is 0 Å². The van der Waals surface area contributed by atoms with Crippen molar-refractivity contribution in [2.75, 3.05) is 6.61 Å². The van der Waals surface area contributed by atoms with E-state index in [4.69, 9.17) is 4.74 Å². The number of nitrogens with zero attached hydrogens (tertiary/aromatic N) is 1. The summed E-state index contributed by atoms with van der Waals surface area (Å²) in [5, 5.41) is 6.28. The summed E-state index contributed by atoms with van der Waals surface area (Å²) in [6.07, 6.45) is 3.49. The fourth-order valence-corrected chi connectivity index (χ4v) is 2.54. The highest BCUT2D eigenvalue weighted by Gasteiger charge is 2.30. The number of thiazole rings is 1. The molecule has 4 nitrogen and oxygen atoms in total. The maximum atomic E-state index is 11.9. The third-order valence-electron chi connectivity index (χ3n) is 2.65. The Kier molecular flexibility index (Phi) is 5.75. The van der Waals surface area contributed by atoms with E-state index in [0.717, 1.165) is 17.8 Å². The highest BCUT2D eigenvalue weighted by molar-refractivity contribution is 7.09. The Morgan fingerprint density at radius 2 is 2.28 bits per heavy atom. The summed E-state index contributed by atoms with van der Waals surface area (Å²) in [5.74, 6) is -0.177. The molecule has 1 unspecified atom stereocenters. The van der Waals surface area contributed by atoms with E-state index in [-0.39, 0.29) is 17.6 Å². The summed E-state index contributed by atoms with van der Waals surface area (Å²) in [6, 6.07) is -0.270. The minimum absolute atomic E-state index is 0.177. The minimum Gasteiger partial charge on any atom is -0.465 e. The van der Waals surface area contributed by atoms with Gasteiger partial charge < -0.3 is 4.74 Å². The number of esters is 1. The van der Waals surface area contributed by atoms with Gasteiger partial charge in [0.2, 0.25) is 0 Å². The Balaban J connectivity index is 2.73. The predicted molar refractivity (Wildman–Crippen MR) is 73.6 cm³/mol. The van der Waals surface area contributed by atoms with E-state index in [1.54, 1.807) is 17.5 Å². The zero-order chi connectivity index (χ0) is 13.6. The summed E-state index contributed by atoms with van der Waals surface area (Å²) >= 11 is 1.59. The smallest absolute Gasteiger partial charge is 0.323 e. The van der Waals surface area contributed by atoms with Crippen LogP contribution in [-0.2, 0) is 15.1 Å². The lowest BCUT2D eigenvalue weighted by atomic mass is 10.0. The number of rotatable bonds is 7. The fourth-order valence-electron chi connectivity index (χ4n) is 1.81. The average Bonchev–Trinajstić information content (AvgIpc) is 2.82. The number of carbonyl (C=O) groups is 1. The van der Waals surface area contributed by atoms with Gasteiger partial charge in [-0.05, 0) is 27.2 Å². The number of hydrogen-bond donors (Lipinski definition) is 1. The summed E-state index contributed by atoms with van der Waals surface area (Å²) in [4.78, 5) is 16.2. The Hall–Kier alpha value is -0.940. The van der Waals surface area contributed by atoms with Crippen LogP contribution in [0.3, 0.4) is 0 Å². The van der Waals surface area contributed by atoms with Crippen molar-refractivity contribution in [1.29, 1.82) is 0 Å². The van der Waals surface area contributed by atoms with Gasteiger partial charge in [0.05, 0.1) is 12.1 Å². The largest absolute Gasteiger partial charge is 0.465 e. The molecule has 0 amide bonds. The van der Waals surface area contributed by atoms with Crippen LogP contribution in [0.4, 0.5) is 0 Å². The Labute approximate surface area is 113 Å². The minimum atomic E-state index is -0.319. The predicted octanol–water partition coefficient (Wildman–Crippen LogP) is 2.70. The van der Waals surface area contributed by atoms with E-state index in [1.165, 1.54) is 0 Å². The number of carbonyl (C=O) groups excluding carboxylic acids is 1. The van der Waals surface area contributed by atoms with Gasteiger partial charge in [0.25, 0.3) is 0 Å². The molecule has 0 fully saturated rings. The van der Waals surface area contributed by atoms with Crippen LogP contribution in [0.2, 0.25) is 0 Å². The van der Waals surface area contributed by atoms with Crippen molar-refractivity contribution in [3.8, 4) is 0 Å². The standard InChI is InChI=1S/C13H22N2O2S/c1-5-7-10(11(16)17-6-2)15-13(3,4)12-14-8-9-18-12/h8-10,15H,5-7H2,1-4H3. The van der Waals surface area contributed by atoms with Crippen LogP contribution in [0.15, 0.2) is 11.6 Å². The molecule has 0 radical (unpaired) electrons. The zero-order valence-electron chi connectivity index (χ0n) is 11.5. The topological polar surface area (TPSA) is 51.2 Å². The van der Waals surface area contributed by atoms with Crippen LogP contribution in [0.5, 0.6) is 0 Å². The zero-order valence-corrected chi connectivity index (χ0v) is 12.3. The fraction of sp³-hybridized carbons (Fsp3) is 0.692. The molecular weight excluding hydrogens is 248 g/mol. The van der Waals surface area contributed by atoms with E-state index >= 15 is 0 Å². The van der Waals surface area contributed by atoms with E-state index in [9.17, 15) is 4.79 Å². The molecule has 1 atom stereocenters. The molecule has 1 N–H and O–H groups in total. The molecular formula is C13H22N2O2S. The first-order valence-electron chi connectivity index (χ1n) is 6.35. The Bertz CT molecular complexity index is 363. The maximum absolute atomic E-state index is 11.9. The van der Waals surface area contributed by atoms with Gasteiger partial charge in [-0.3, -0.25) is 10.1 Å². The second kappa shape index (κ2) is 6.85. The van der Waals surface area contributed by atoms with Crippen LogP contribution in [-0.4, -0.2) is 23.6 Å². The average molecular weight is 270 g/mol. The van der Waals surface area contributed by atoms with Crippen molar-refractivity contribution in [1.82, 2.24) is 10.3 Å². The molecule has 1 aromatic rings. The Morgan fingerprint density at radius 1 is 1.56 bits per heavy atom. The third-order valence-corrected chi connectivity index (χ3v) is 3.75. The molecule has 0 aliphatic heterocycles. The molecule has 0 saturated carbocycles. The number of aromatic nitrogens is 1. The second-order valence-electron chi connectivity index (χ2n) is 4.70. The van der Waals surface area contributed by atoms with Crippen LogP contribution >= 0.6 is 11.3 Å². The molecule has 0 saturated heterocycles. The van der Waals surface area contributed by atoms with Gasteiger partial charge in [0.15, 0.2) is 0 Å². The van der Waals surface area contributed by atoms with E-state index in [2.05, 4.69) is 17.2 Å². The van der Waals surface area contributed by atoms with Crippen LogP contribution < -0.4 is 5.32 Å². The lowest BCUT2D eigenvalue weighted by Crippen LogP contribution is -2.48. The molecule has 0 aliphatic rings. The van der Waals surface area contributed by atoms with Crippen molar-refractivity contribution in [2.24, 2.45) is 0 Å². The molecule has 0 aliphatic carbocycles. The van der Waals surface area contributed by atoms with Crippen molar-refractivity contribution < 1.29 is 9.53 Å². The van der Waals surface area contributed by atoms with Gasteiger partial charge in [0, 0.05) is 11.6 Å². The molecule has 5 heteroatoms. The van der Waals surface area contributed by atoms with Gasteiger partial charge in [-0.25, -0.2) is 4.98 Å². The lowest BCUT2D eigenvalue weighted by Gasteiger charge is -2.29. The molecule has 0 aromatic carbocycles. The van der Waals surface area contributed by atoms with Crippen molar-refractivity contribution >= 4 is 17.3 Å². The number of ether oxygens (including phenoxy) is 1. The Morgan fingerprint density at radius 3 is 2.78 bits per heavy atom. The first-order chi connectivity index (χ1) is 8.51. The number of nitrogens with one attached hydrogen (secondary N) is 1. The highest BCUT2D eigenvalue weighted by atomic mass is 32.1. The quantitative estimate of drug-likeness (QED) is 0.774. The van der Waals surface area contributed by atoms with E-state index in [1.807, 2.05) is 26.2 Å². The van der Waals surface area contributed by atoms with Crippen molar-refractivity contribution in [3.05, 3.63) is 16.6 Å². The molecule has 1 rings (SSSR count). The van der Waals surface area contributed by atoms with Gasteiger partial charge in [-0.1, -0.05) is 13.3 Å². The first-order valence-corrected chi connectivity index (χ1v) is 7.23. The normalized spacial score (nSPS) is 13.3. The summed E-state index contributed by atoms with van der Waals surface area (Å²) in [7, 11) is 0. The van der Waals surface area contributed by atoms with Gasteiger partial charge in [-0.15, -0.1) is 11.3 Å². The molecule has 18 heavy (non-hydrogen) atoms. The molecule has 0 bridgehead atoms. The van der Waals surface area contributed by atoms with Crippen molar-refractivity contribution in [3.63, 3.8) is 0 Å². The van der Waals surface area contributed by atoms with Gasteiger partial charge in [0.1, 0.15) is 11.0 Å². The number of hydrogen-bond acceptors (Lipinski definition) is 5. The summed E-state index contributed by atoms with van der Waals surface area (Å²) < 4.78 is 5.10. The second-order valence-corrected chi connectivity index (χ2v) is 5.59. The molecule has 102 valence electrons. The summed E-state index contributed by atoms with van der Waals surface area (Å²) in [6.45, 7) is 8.37. The lowest BCUT2D eigenvalue weighted by molar-refractivity contribution is -0.146. The monoisotopic (exact) mass is 270 g/mol. The molecule has 1 aromatic heterocycles. The van der Waals surface area contributed by atoms with Gasteiger partial charge in [-0.2, -0.15) is 0 Å². The van der Waals surface area contributed by atoms with Crippen LogP contribution in [0.1, 0.15) is 45.5 Å². The van der Waals surface area contributed by atoms with E-state index < -0.39 is 0 Å². The van der Waals surface area contributed by atoms with E-state index in [0.29, 0.717) is 6.61 Å². The molecule has 1 heterocycles. The SMILES string of the molecule is CCCC(NC(C)(C)c1nccs1)C(=O)OCC. The summed E-state index contributed by atoms with van der Waals surface area (Å²) in [5.41, 5.74) is -0.319. The van der Waals surface area contributed by atoms with Crippen molar-refractivity contribution in [2.45, 2.75) is 52.1 Å². The highest BCUT2D eigenvalue weighted by Crippen LogP contribution is 2.23.